The Bertz CT molecular complexity index is 627. The van der Waals surface area contributed by atoms with E-state index in [9.17, 15) is 4.79 Å². The van der Waals surface area contributed by atoms with E-state index in [0.29, 0.717) is 15.6 Å². The van der Waals surface area contributed by atoms with Crippen LogP contribution in [0.5, 0.6) is 0 Å². The van der Waals surface area contributed by atoms with E-state index in [-0.39, 0.29) is 11.9 Å². The SMILES string of the molecule is O=C(c1ccc(Cl)cc1Cl)N1CCCC1c1cccs1. The molecule has 1 aliphatic heterocycles. The van der Waals surface area contributed by atoms with Crippen molar-refractivity contribution in [2.45, 2.75) is 18.9 Å². The summed E-state index contributed by atoms with van der Waals surface area (Å²) >= 11 is 13.7. The molecule has 0 spiro atoms. The van der Waals surface area contributed by atoms with Gasteiger partial charge in [-0.25, -0.2) is 0 Å². The Hall–Kier alpha value is -1.03. The third-order valence-corrected chi connectivity index (χ3v) is 5.07. The summed E-state index contributed by atoms with van der Waals surface area (Å²) in [6.07, 6.45) is 2.04. The second kappa shape index (κ2) is 5.76. The van der Waals surface area contributed by atoms with Gasteiger partial charge in [-0.1, -0.05) is 29.3 Å². The first-order chi connectivity index (χ1) is 9.66. The molecule has 5 heteroatoms. The third kappa shape index (κ3) is 2.58. The van der Waals surface area contributed by atoms with Gasteiger partial charge in [0.1, 0.15) is 0 Å². The van der Waals surface area contributed by atoms with E-state index in [1.807, 2.05) is 16.3 Å². The van der Waals surface area contributed by atoms with Crippen molar-refractivity contribution in [3.8, 4) is 0 Å². The van der Waals surface area contributed by atoms with Crippen LogP contribution in [0.1, 0.15) is 34.1 Å². The highest BCUT2D eigenvalue weighted by Crippen LogP contribution is 2.36. The lowest BCUT2D eigenvalue weighted by Crippen LogP contribution is -2.30. The van der Waals surface area contributed by atoms with Crippen molar-refractivity contribution < 1.29 is 4.79 Å². The van der Waals surface area contributed by atoms with Gasteiger partial charge in [-0.05, 0) is 42.5 Å². The first-order valence-corrected chi connectivity index (χ1v) is 8.10. The standard InChI is InChI=1S/C15H13Cl2NOS/c16-10-5-6-11(12(17)9-10)15(19)18-7-1-3-13(18)14-4-2-8-20-14/h2,4-6,8-9,13H,1,3,7H2. The van der Waals surface area contributed by atoms with E-state index < -0.39 is 0 Å². The summed E-state index contributed by atoms with van der Waals surface area (Å²) in [5.41, 5.74) is 0.527. The first-order valence-electron chi connectivity index (χ1n) is 6.46. The van der Waals surface area contributed by atoms with E-state index in [1.165, 1.54) is 4.88 Å². The van der Waals surface area contributed by atoms with Crippen LogP contribution in [-0.2, 0) is 0 Å². The van der Waals surface area contributed by atoms with Gasteiger partial charge in [-0.15, -0.1) is 11.3 Å². The number of benzene rings is 1. The van der Waals surface area contributed by atoms with Crippen LogP contribution in [0.3, 0.4) is 0 Å². The summed E-state index contributed by atoms with van der Waals surface area (Å²) in [7, 11) is 0. The molecule has 1 unspecified atom stereocenters. The molecule has 104 valence electrons. The van der Waals surface area contributed by atoms with Crippen LogP contribution in [0.15, 0.2) is 35.7 Å². The van der Waals surface area contributed by atoms with Gasteiger partial charge in [0.15, 0.2) is 0 Å². The molecule has 1 saturated heterocycles. The highest BCUT2D eigenvalue weighted by Gasteiger charge is 2.31. The minimum atomic E-state index is -0.0115. The molecule has 0 aliphatic carbocycles. The number of thiophene rings is 1. The summed E-state index contributed by atoms with van der Waals surface area (Å²) in [6, 6.07) is 9.32. The molecule has 0 bridgehead atoms. The molecule has 0 N–H and O–H groups in total. The molecule has 0 saturated carbocycles. The predicted octanol–water partition coefficient (Wildman–Crippen LogP) is 5.03. The molecule has 2 aromatic rings. The van der Waals surface area contributed by atoms with Crippen molar-refractivity contribution in [1.29, 1.82) is 0 Å². The lowest BCUT2D eigenvalue weighted by atomic mass is 10.1. The molecule has 3 rings (SSSR count). The summed E-state index contributed by atoms with van der Waals surface area (Å²) in [5.74, 6) is -0.0115. The molecular weight excluding hydrogens is 313 g/mol. The number of likely N-dealkylation sites (tertiary alicyclic amines) is 1. The maximum Gasteiger partial charge on any atom is 0.255 e. The molecule has 1 aromatic heterocycles. The quantitative estimate of drug-likeness (QED) is 0.758. The Morgan fingerprint density at radius 3 is 2.85 bits per heavy atom. The van der Waals surface area contributed by atoms with E-state index in [1.54, 1.807) is 29.5 Å². The van der Waals surface area contributed by atoms with Gasteiger partial charge in [-0.2, -0.15) is 0 Å². The minimum absolute atomic E-state index is 0.0115. The maximum absolute atomic E-state index is 12.7. The van der Waals surface area contributed by atoms with E-state index in [0.717, 1.165) is 19.4 Å². The zero-order chi connectivity index (χ0) is 14.1. The zero-order valence-corrected chi connectivity index (χ0v) is 13.0. The number of rotatable bonds is 2. The first kappa shape index (κ1) is 13.9. The Morgan fingerprint density at radius 2 is 2.15 bits per heavy atom. The molecule has 1 aromatic carbocycles. The fourth-order valence-electron chi connectivity index (χ4n) is 2.60. The Labute approximate surface area is 131 Å². The van der Waals surface area contributed by atoms with Crippen molar-refractivity contribution in [2.75, 3.05) is 6.54 Å². The average Bonchev–Trinajstić information content (AvgIpc) is 3.09. The molecule has 1 atom stereocenters. The van der Waals surface area contributed by atoms with E-state index >= 15 is 0 Å². The van der Waals surface area contributed by atoms with Gasteiger partial charge in [0.2, 0.25) is 0 Å². The van der Waals surface area contributed by atoms with Crippen LogP contribution >= 0.6 is 34.5 Å². The monoisotopic (exact) mass is 325 g/mol. The van der Waals surface area contributed by atoms with Crippen molar-refractivity contribution in [2.24, 2.45) is 0 Å². The highest BCUT2D eigenvalue weighted by atomic mass is 35.5. The number of nitrogens with zero attached hydrogens (tertiary/aromatic N) is 1. The van der Waals surface area contributed by atoms with Gasteiger partial charge in [0.25, 0.3) is 5.91 Å². The molecule has 2 nitrogen and oxygen atoms in total. The number of halogens is 2. The van der Waals surface area contributed by atoms with Crippen LogP contribution in [0, 0.1) is 0 Å². The lowest BCUT2D eigenvalue weighted by molar-refractivity contribution is 0.0738. The number of amides is 1. The van der Waals surface area contributed by atoms with Crippen molar-refractivity contribution >= 4 is 40.4 Å². The predicted molar refractivity (Wildman–Crippen MR) is 83.8 cm³/mol. The number of carbonyl (C=O) groups excluding carboxylic acids is 1. The fourth-order valence-corrected chi connectivity index (χ4v) is 3.97. The number of hydrogen-bond donors (Lipinski definition) is 0. The zero-order valence-electron chi connectivity index (χ0n) is 10.7. The smallest absolute Gasteiger partial charge is 0.255 e. The summed E-state index contributed by atoms with van der Waals surface area (Å²) in [5, 5.41) is 3.01. The lowest BCUT2D eigenvalue weighted by Gasteiger charge is -2.24. The molecular formula is C15H13Cl2NOS. The Morgan fingerprint density at radius 1 is 1.30 bits per heavy atom. The topological polar surface area (TPSA) is 20.3 Å². The van der Waals surface area contributed by atoms with Crippen LogP contribution in [0.25, 0.3) is 0 Å². The van der Waals surface area contributed by atoms with Crippen LogP contribution in [0.4, 0.5) is 0 Å². The summed E-state index contributed by atoms with van der Waals surface area (Å²) < 4.78 is 0. The van der Waals surface area contributed by atoms with E-state index in [2.05, 4.69) is 6.07 Å². The molecule has 2 heterocycles. The van der Waals surface area contributed by atoms with Gasteiger partial charge in [0, 0.05) is 16.4 Å². The number of hydrogen-bond acceptors (Lipinski definition) is 2. The third-order valence-electron chi connectivity index (χ3n) is 3.55. The van der Waals surface area contributed by atoms with Gasteiger partial charge in [-0.3, -0.25) is 4.79 Å². The molecule has 20 heavy (non-hydrogen) atoms. The second-order valence-corrected chi connectivity index (χ2v) is 6.62. The molecule has 0 radical (unpaired) electrons. The van der Waals surface area contributed by atoms with E-state index in [4.69, 9.17) is 23.2 Å². The Kier molecular flexibility index (Phi) is 4.01. The van der Waals surface area contributed by atoms with Gasteiger partial charge >= 0.3 is 0 Å². The summed E-state index contributed by atoms with van der Waals surface area (Å²) in [6.45, 7) is 0.778. The molecule has 1 fully saturated rings. The highest BCUT2D eigenvalue weighted by molar-refractivity contribution is 7.10. The molecule has 1 amide bonds. The fraction of sp³-hybridized carbons (Fsp3) is 0.267. The van der Waals surface area contributed by atoms with Gasteiger partial charge < -0.3 is 4.90 Å². The van der Waals surface area contributed by atoms with Crippen molar-refractivity contribution in [3.05, 3.63) is 56.2 Å². The van der Waals surface area contributed by atoms with Crippen LogP contribution < -0.4 is 0 Å². The number of carbonyl (C=O) groups is 1. The van der Waals surface area contributed by atoms with Crippen LogP contribution in [0.2, 0.25) is 10.0 Å². The Balaban J connectivity index is 1.89. The minimum Gasteiger partial charge on any atom is -0.331 e. The largest absolute Gasteiger partial charge is 0.331 e. The van der Waals surface area contributed by atoms with Gasteiger partial charge in [0.05, 0.1) is 16.6 Å². The van der Waals surface area contributed by atoms with Crippen LogP contribution in [-0.4, -0.2) is 17.4 Å². The second-order valence-electron chi connectivity index (χ2n) is 4.80. The summed E-state index contributed by atoms with van der Waals surface area (Å²) in [4.78, 5) is 15.8. The van der Waals surface area contributed by atoms with Crippen molar-refractivity contribution in [1.82, 2.24) is 4.90 Å². The molecule has 1 aliphatic rings. The normalized spacial score (nSPS) is 18.5. The maximum atomic E-state index is 12.7. The van der Waals surface area contributed by atoms with Crippen molar-refractivity contribution in [3.63, 3.8) is 0 Å². The average molecular weight is 326 g/mol.